The molecule has 4 heteroatoms. The molecule has 0 bridgehead atoms. The number of hydrogen-bond donors (Lipinski definition) is 1. The van der Waals surface area contributed by atoms with Crippen LogP contribution in [0.4, 0.5) is 0 Å². The summed E-state index contributed by atoms with van der Waals surface area (Å²) in [6.45, 7) is 13.3. The van der Waals surface area contributed by atoms with Gasteiger partial charge >= 0.3 is 0 Å². The summed E-state index contributed by atoms with van der Waals surface area (Å²) < 4.78 is 6.40. The predicted molar refractivity (Wildman–Crippen MR) is 78.7 cm³/mol. The van der Waals surface area contributed by atoms with Gasteiger partial charge in [-0.3, -0.25) is 5.10 Å². The Bertz CT molecular complexity index is 567. The predicted octanol–water partition coefficient (Wildman–Crippen LogP) is 4.26. The molecule has 0 aliphatic heterocycles. The topological polar surface area (TPSA) is 37.9 Å². The van der Waals surface area contributed by atoms with E-state index >= 15 is 0 Å². The van der Waals surface area contributed by atoms with Crippen LogP contribution in [0.5, 0.6) is 5.75 Å². The Morgan fingerprint density at radius 3 is 2.50 bits per heavy atom. The molecule has 0 atom stereocenters. The van der Waals surface area contributed by atoms with Crippen LogP contribution in [0.25, 0.3) is 10.9 Å². The van der Waals surface area contributed by atoms with Gasteiger partial charge in [0.1, 0.15) is 5.75 Å². The summed E-state index contributed by atoms with van der Waals surface area (Å²) in [5.41, 5.74) is 2.04. The number of nitrogens with one attached hydrogen (secondary N) is 1. The number of fused-ring (bicyclic) bond motifs is 1. The number of aromatic nitrogens is 2. The van der Waals surface area contributed by atoms with Gasteiger partial charge in [-0.05, 0) is 37.2 Å². The number of aryl methyl sites for hydroxylation is 1. The van der Waals surface area contributed by atoms with Crippen LogP contribution >= 0.6 is 0 Å². The maximum absolute atomic E-state index is 6.40. The molecule has 0 spiro atoms. The molecule has 1 N–H and O–H groups in total. The molecule has 0 aliphatic carbocycles. The Morgan fingerprint density at radius 1 is 1.22 bits per heavy atom. The number of rotatable bonds is 2. The standard InChI is InChI=1S/C14H22N2OSi/c1-10-13-11(16-15-10)8-7-9-12(13)17-18(5,6)14(2,3)4/h7-9H,1-6H3,(H,15,16). The molecule has 2 aromatic rings. The van der Waals surface area contributed by atoms with Crippen LogP contribution < -0.4 is 4.43 Å². The van der Waals surface area contributed by atoms with E-state index < -0.39 is 8.32 Å². The maximum Gasteiger partial charge on any atom is 0.250 e. The van der Waals surface area contributed by atoms with Gasteiger partial charge in [0, 0.05) is 5.69 Å². The third-order valence-corrected chi connectivity index (χ3v) is 8.24. The van der Waals surface area contributed by atoms with Crippen LogP contribution in [0.2, 0.25) is 18.1 Å². The first kappa shape index (κ1) is 13.1. The van der Waals surface area contributed by atoms with Gasteiger partial charge in [-0.15, -0.1) is 0 Å². The maximum atomic E-state index is 6.40. The first-order chi connectivity index (χ1) is 8.22. The van der Waals surface area contributed by atoms with Crippen molar-refractivity contribution in [2.45, 2.75) is 45.8 Å². The highest BCUT2D eigenvalue weighted by atomic mass is 28.4. The molecule has 0 amide bonds. The van der Waals surface area contributed by atoms with E-state index in [0.29, 0.717) is 0 Å². The molecule has 98 valence electrons. The van der Waals surface area contributed by atoms with E-state index in [2.05, 4.69) is 44.1 Å². The van der Waals surface area contributed by atoms with Crippen LogP contribution in [0.3, 0.4) is 0 Å². The molecule has 0 saturated heterocycles. The normalized spacial score (nSPS) is 13.0. The molecule has 0 unspecified atom stereocenters. The van der Waals surface area contributed by atoms with Gasteiger partial charge in [-0.1, -0.05) is 26.8 Å². The number of nitrogens with zero attached hydrogens (tertiary/aromatic N) is 1. The lowest BCUT2D eigenvalue weighted by Gasteiger charge is -2.36. The Morgan fingerprint density at radius 2 is 1.89 bits per heavy atom. The fraction of sp³-hybridized carbons (Fsp3) is 0.500. The van der Waals surface area contributed by atoms with Crippen LogP contribution in [-0.2, 0) is 0 Å². The van der Waals surface area contributed by atoms with Crippen molar-refractivity contribution in [1.82, 2.24) is 10.2 Å². The van der Waals surface area contributed by atoms with Gasteiger partial charge in [-0.25, -0.2) is 0 Å². The van der Waals surface area contributed by atoms with E-state index in [1.165, 1.54) is 0 Å². The van der Waals surface area contributed by atoms with Gasteiger partial charge in [0.2, 0.25) is 0 Å². The number of benzene rings is 1. The third kappa shape index (κ3) is 2.17. The minimum absolute atomic E-state index is 0.201. The van der Waals surface area contributed by atoms with E-state index in [4.69, 9.17) is 4.43 Å². The lowest BCUT2D eigenvalue weighted by Crippen LogP contribution is -2.43. The molecular weight excluding hydrogens is 240 g/mol. The minimum Gasteiger partial charge on any atom is -0.543 e. The van der Waals surface area contributed by atoms with Crippen molar-refractivity contribution < 1.29 is 4.43 Å². The second-order valence-corrected chi connectivity index (χ2v) is 11.1. The average molecular weight is 262 g/mol. The fourth-order valence-electron chi connectivity index (χ4n) is 1.70. The number of hydrogen-bond acceptors (Lipinski definition) is 2. The summed E-state index contributed by atoms with van der Waals surface area (Å²) in [5, 5.41) is 8.62. The molecule has 1 aromatic heterocycles. The molecule has 1 aromatic carbocycles. The first-order valence-corrected chi connectivity index (χ1v) is 9.26. The van der Waals surface area contributed by atoms with E-state index in [-0.39, 0.29) is 5.04 Å². The van der Waals surface area contributed by atoms with E-state index in [9.17, 15) is 0 Å². The summed E-state index contributed by atoms with van der Waals surface area (Å²) in [4.78, 5) is 0. The summed E-state index contributed by atoms with van der Waals surface area (Å²) in [7, 11) is -1.80. The Labute approximate surface area is 110 Å². The van der Waals surface area contributed by atoms with Crippen molar-refractivity contribution in [3.63, 3.8) is 0 Å². The van der Waals surface area contributed by atoms with Gasteiger partial charge in [0.15, 0.2) is 0 Å². The SMILES string of the molecule is Cc1[nH]nc2cccc(O[Si](C)(C)C(C)(C)C)c12. The van der Waals surface area contributed by atoms with Crippen LogP contribution in [0, 0.1) is 6.92 Å². The Balaban J connectivity index is 2.47. The van der Waals surface area contributed by atoms with Crippen LogP contribution in [-0.4, -0.2) is 18.5 Å². The lowest BCUT2D eigenvalue weighted by molar-refractivity contribution is 0.496. The van der Waals surface area contributed by atoms with Gasteiger partial charge < -0.3 is 4.43 Å². The largest absolute Gasteiger partial charge is 0.543 e. The smallest absolute Gasteiger partial charge is 0.250 e. The average Bonchev–Trinajstić information content (AvgIpc) is 2.59. The second kappa shape index (κ2) is 4.12. The monoisotopic (exact) mass is 262 g/mol. The van der Waals surface area contributed by atoms with Crippen molar-refractivity contribution in [1.29, 1.82) is 0 Å². The van der Waals surface area contributed by atoms with Gasteiger partial charge in [0.25, 0.3) is 8.32 Å². The molecule has 0 radical (unpaired) electrons. The summed E-state index contributed by atoms with van der Waals surface area (Å²) in [6.07, 6.45) is 0. The number of H-pyrrole nitrogens is 1. The lowest BCUT2D eigenvalue weighted by atomic mass is 10.2. The summed E-state index contributed by atoms with van der Waals surface area (Å²) >= 11 is 0. The van der Waals surface area contributed by atoms with Crippen LogP contribution in [0.15, 0.2) is 18.2 Å². The highest BCUT2D eigenvalue weighted by Gasteiger charge is 2.39. The van der Waals surface area contributed by atoms with Crippen molar-refractivity contribution in [3.8, 4) is 5.75 Å². The summed E-state index contributed by atoms with van der Waals surface area (Å²) in [5.74, 6) is 0.963. The molecule has 0 saturated carbocycles. The van der Waals surface area contributed by atoms with Crippen molar-refractivity contribution in [3.05, 3.63) is 23.9 Å². The molecule has 2 rings (SSSR count). The first-order valence-electron chi connectivity index (χ1n) is 6.35. The highest BCUT2D eigenvalue weighted by Crippen LogP contribution is 2.39. The zero-order chi connectivity index (χ0) is 13.6. The third-order valence-electron chi connectivity index (χ3n) is 3.89. The van der Waals surface area contributed by atoms with Crippen molar-refractivity contribution >= 4 is 19.2 Å². The second-order valence-electron chi connectivity index (χ2n) is 6.36. The quantitative estimate of drug-likeness (QED) is 0.821. The van der Waals surface area contributed by atoms with E-state index in [1.807, 2.05) is 25.1 Å². The highest BCUT2D eigenvalue weighted by molar-refractivity contribution is 6.74. The van der Waals surface area contributed by atoms with Gasteiger partial charge in [-0.2, -0.15) is 5.10 Å². The van der Waals surface area contributed by atoms with E-state index in [1.54, 1.807) is 0 Å². The molecule has 1 heterocycles. The zero-order valence-corrected chi connectivity index (χ0v) is 13.1. The van der Waals surface area contributed by atoms with Crippen LogP contribution in [0.1, 0.15) is 26.5 Å². The molecular formula is C14H22N2OSi. The van der Waals surface area contributed by atoms with Crippen molar-refractivity contribution in [2.24, 2.45) is 0 Å². The molecule has 0 aliphatic rings. The number of aromatic amines is 1. The Hall–Kier alpha value is -1.29. The molecule has 3 nitrogen and oxygen atoms in total. The minimum atomic E-state index is -1.80. The fourth-order valence-corrected chi connectivity index (χ4v) is 2.73. The molecule has 18 heavy (non-hydrogen) atoms. The summed E-state index contributed by atoms with van der Waals surface area (Å²) in [6, 6.07) is 6.06. The van der Waals surface area contributed by atoms with Gasteiger partial charge in [0.05, 0.1) is 10.9 Å². The zero-order valence-electron chi connectivity index (χ0n) is 12.1. The van der Waals surface area contributed by atoms with Crippen molar-refractivity contribution in [2.75, 3.05) is 0 Å². The molecule has 0 fully saturated rings. The Kier molecular flexibility index (Phi) is 3.01. The van der Waals surface area contributed by atoms with E-state index in [0.717, 1.165) is 22.3 Å².